The van der Waals surface area contributed by atoms with E-state index in [2.05, 4.69) is 38.1 Å². The molecule has 0 unspecified atom stereocenters. The summed E-state index contributed by atoms with van der Waals surface area (Å²) in [6.45, 7) is 9.35. The number of hydrogen-bond donors (Lipinski definition) is 1. The molecule has 0 radical (unpaired) electrons. The van der Waals surface area contributed by atoms with Gasteiger partial charge in [0, 0.05) is 0 Å². The molecule has 1 N–H and O–H groups in total. The number of nitrogens with zero attached hydrogens (tertiary/aromatic N) is 2. The molecular weight excluding hydrogens is 382 g/mol. The Kier molecular flexibility index (Phi) is 6.23. The average molecular weight is 411 g/mol. The summed E-state index contributed by atoms with van der Waals surface area (Å²) < 4.78 is 6.58. The van der Waals surface area contributed by atoms with E-state index in [-0.39, 0.29) is 5.91 Å². The molecule has 1 saturated heterocycles. The Morgan fingerprint density at radius 2 is 1.97 bits per heavy atom. The second-order valence-electron chi connectivity index (χ2n) is 7.73. The van der Waals surface area contributed by atoms with Crippen molar-refractivity contribution in [1.29, 1.82) is 0 Å². The van der Waals surface area contributed by atoms with Gasteiger partial charge in [-0.15, -0.1) is 0 Å². The van der Waals surface area contributed by atoms with Crippen LogP contribution in [0.3, 0.4) is 0 Å². The second kappa shape index (κ2) is 9.03. The van der Waals surface area contributed by atoms with Crippen LogP contribution in [-0.2, 0) is 16.0 Å². The molecule has 0 aliphatic carbocycles. The zero-order valence-corrected chi connectivity index (χ0v) is 17.9. The first-order chi connectivity index (χ1) is 14.1. The number of nitrogens with one attached hydrogen (secondary N) is 1. The number of benzene rings is 2. The number of para-hydroxylation sites is 1. The summed E-state index contributed by atoms with van der Waals surface area (Å²) >= 11 is 1.60. The van der Waals surface area contributed by atoms with Crippen LogP contribution in [-0.4, -0.2) is 50.3 Å². The standard InChI is InChI=1S/C23H27N3O2S/c1-17-7-8-19(18(2)15-17)16-22(27)26(10-9-25-11-13-28-14-12-25)23-24-20-5-3-4-6-21(20)29-23/h3-8,15H,9-14,16H2,1-2H3/p+1. The predicted molar refractivity (Wildman–Crippen MR) is 118 cm³/mol. The SMILES string of the molecule is Cc1ccc(CC(=O)N(CC[NH+]2CCOCC2)c2nc3ccccc3s2)c(C)c1. The van der Waals surface area contributed by atoms with Gasteiger partial charge in [-0.1, -0.05) is 47.2 Å². The quantitative estimate of drug-likeness (QED) is 0.679. The van der Waals surface area contributed by atoms with Crippen LogP contribution in [0.15, 0.2) is 42.5 Å². The molecule has 152 valence electrons. The van der Waals surface area contributed by atoms with Gasteiger partial charge in [0.25, 0.3) is 0 Å². The van der Waals surface area contributed by atoms with Crippen molar-refractivity contribution in [3.63, 3.8) is 0 Å². The fourth-order valence-corrected chi connectivity index (χ4v) is 4.79. The Morgan fingerprint density at radius 1 is 1.17 bits per heavy atom. The smallest absolute Gasteiger partial charge is 0.233 e. The molecule has 1 amide bonds. The first-order valence-corrected chi connectivity index (χ1v) is 11.1. The first-order valence-electron chi connectivity index (χ1n) is 10.2. The minimum atomic E-state index is 0.115. The molecule has 0 atom stereocenters. The molecule has 1 aliphatic heterocycles. The third-order valence-corrected chi connectivity index (χ3v) is 6.60. The topological polar surface area (TPSA) is 46.9 Å². The largest absolute Gasteiger partial charge is 0.370 e. The lowest BCUT2D eigenvalue weighted by Gasteiger charge is -2.27. The summed E-state index contributed by atoms with van der Waals surface area (Å²) in [7, 11) is 0. The number of fused-ring (bicyclic) bond motifs is 1. The van der Waals surface area contributed by atoms with Crippen LogP contribution in [0, 0.1) is 13.8 Å². The lowest BCUT2D eigenvalue weighted by Crippen LogP contribution is -3.14. The maximum absolute atomic E-state index is 13.4. The van der Waals surface area contributed by atoms with E-state index in [1.807, 2.05) is 23.1 Å². The number of amides is 1. The van der Waals surface area contributed by atoms with Gasteiger partial charge in [0.15, 0.2) is 5.13 Å². The van der Waals surface area contributed by atoms with Crippen molar-refractivity contribution < 1.29 is 14.4 Å². The van der Waals surface area contributed by atoms with Crippen LogP contribution in [0.2, 0.25) is 0 Å². The summed E-state index contributed by atoms with van der Waals surface area (Å²) in [4.78, 5) is 21.5. The summed E-state index contributed by atoms with van der Waals surface area (Å²) in [5.41, 5.74) is 4.43. The van der Waals surface area contributed by atoms with Crippen LogP contribution in [0.4, 0.5) is 5.13 Å². The van der Waals surface area contributed by atoms with Gasteiger partial charge in [-0.25, -0.2) is 4.98 Å². The molecule has 3 aromatic rings. The van der Waals surface area contributed by atoms with E-state index in [0.29, 0.717) is 13.0 Å². The van der Waals surface area contributed by atoms with E-state index < -0.39 is 0 Å². The predicted octanol–water partition coefficient (Wildman–Crippen LogP) is 2.40. The van der Waals surface area contributed by atoms with Crippen molar-refractivity contribution in [3.8, 4) is 0 Å². The lowest BCUT2D eigenvalue weighted by molar-refractivity contribution is -0.906. The fourth-order valence-electron chi connectivity index (χ4n) is 3.79. The molecule has 1 aliphatic rings. The molecule has 2 heterocycles. The molecule has 4 rings (SSSR count). The number of aryl methyl sites for hydroxylation is 2. The summed E-state index contributed by atoms with van der Waals surface area (Å²) in [6.07, 6.45) is 0.403. The molecule has 29 heavy (non-hydrogen) atoms. The van der Waals surface area contributed by atoms with Crippen molar-refractivity contribution >= 4 is 32.6 Å². The number of ether oxygens (including phenoxy) is 1. The highest BCUT2D eigenvalue weighted by Crippen LogP contribution is 2.29. The molecule has 5 nitrogen and oxygen atoms in total. The van der Waals surface area contributed by atoms with Gasteiger partial charge >= 0.3 is 0 Å². The van der Waals surface area contributed by atoms with Crippen LogP contribution in [0.5, 0.6) is 0 Å². The molecule has 1 fully saturated rings. The Hall–Kier alpha value is -2.28. The van der Waals surface area contributed by atoms with Crippen molar-refractivity contribution in [2.24, 2.45) is 0 Å². The number of carbonyl (C=O) groups is 1. The number of hydrogen-bond acceptors (Lipinski definition) is 4. The molecular formula is C23H28N3O2S+. The molecule has 1 aromatic heterocycles. The van der Waals surface area contributed by atoms with Gasteiger partial charge < -0.3 is 9.64 Å². The molecule has 0 bridgehead atoms. The number of anilines is 1. The first kappa shape index (κ1) is 20.0. The zero-order chi connectivity index (χ0) is 20.2. The number of carbonyl (C=O) groups excluding carboxylic acids is 1. The molecule has 0 spiro atoms. The van der Waals surface area contributed by atoms with Crippen LogP contribution in [0.25, 0.3) is 10.2 Å². The van der Waals surface area contributed by atoms with Crippen molar-refractivity contribution in [1.82, 2.24) is 4.98 Å². The van der Waals surface area contributed by atoms with Gasteiger partial charge in [-0.3, -0.25) is 9.69 Å². The van der Waals surface area contributed by atoms with Gasteiger partial charge in [-0.05, 0) is 37.1 Å². The molecule has 0 saturated carbocycles. The van der Waals surface area contributed by atoms with E-state index in [1.165, 1.54) is 16.0 Å². The van der Waals surface area contributed by atoms with Crippen LogP contribution < -0.4 is 9.80 Å². The lowest BCUT2D eigenvalue weighted by atomic mass is 10.0. The fraction of sp³-hybridized carbons (Fsp3) is 0.391. The highest BCUT2D eigenvalue weighted by atomic mass is 32.1. The third kappa shape index (κ3) is 4.83. The normalized spacial score (nSPS) is 15.0. The van der Waals surface area contributed by atoms with Gasteiger partial charge in [0.2, 0.25) is 5.91 Å². The van der Waals surface area contributed by atoms with E-state index in [1.54, 1.807) is 11.3 Å². The van der Waals surface area contributed by atoms with Crippen molar-refractivity contribution in [2.45, 2.75) is 20.3 Å². The monoisotopic (exact) mass is 410 g/mol. The zero-order valence-electron chi connectivity index (χ0n) is 17.1. The molecule has 6 heteroatoms. The third-order valence-electron chi connectivity index (χ3n) is 5.54. The van der Waals surface area contributed by atoms with Gasteiger partial charge in [0.1, 0.15) is 13.1 Å². The summed E-state index contributed by atoms with van der Waals surface area (Å²) in [6, 6.07) is 14.4. The van der Waals surface area contributed by atoms with E-state index in [0.717, 1.165) is 53.8 Å². The maximum atomic E-state index is 13.4. The minimum absolute atomic E-state index is 0.115. The number of aromatic nitrogens is 1. The van der Waals surface area contributed by atoms with Crippen LogP contribution >= 0.6 is 11.3 Å². The van der Waals surface area contributed by atoms with E-state index in [9.17, 15) is 4.79 Å². The number of thiazole rings is 1. The summed E-state index contributed by atoms with van der Waals surface area (Å²) in [5, 5.41) is 0.800. The maximum Gasteiger partial charge on any atom is 0.233 e. The Balaban J connectivity index is 1.56. The van der Waals surface area contributed by atoms with Gasteiger partial charge in [0.05, 0.1) is 42.9 Å². The number of quaternary nitrogens is 1. The molecule has 2 aromatic carbocycles. The van der Waals surface area contributed by atoms with E-state index >= 15 is 0 Å². The Bertz CT molecular complexity index is 962. The van der Waals surface area contributed by atoms with Gasteiger partial charge in [-0.2, -0.15) is 0 Å². The number of morpholine rings is 1. The van der Waals surface area contributed by atoms with Crippen LogP contribution in [0.1, 0.15) is 16.7 Å². The van der Waals surface area contributed by atoms with Crippen molar-refractivity contribution in [2.75, 3.05) is 44.3 Å². The summed E-state index contributed by atoms with van der Waals surface area (Å²) in [5.74, 6) is 0.115. The van der Waals surface area contributed by atoms with Crippen molar-refractivity contribution in [3.05, 3.63) is 59.2 Å². The average Bonchev–Trinajstić information content (AvgIpc) is 3.15. The highest BCUT2D eigenvalue weighted by molar-refractivity contribution is 7.22. The number of rotatable bonds is 6. The Morgan fingerprint density at radius 3 is 2.72 bits per heavy atom. The van der Waals surface area contributed by atoms with E-state index in [4.69, 9.17) is 9.72 Å². The minimum Gasteiger partial charge on any atom is -0.370 e. The Labute approximate surface area is 175 Å². The highest BCUT2D eigenvalue weighted by Gasteiger charge is 2.23. The second-order valence-corrected chi connectivity index (χ2v) is 8.74.